The standard InChI is InChI=1S/C15H17N3O2S2/c1-4-8-21-15-18-17-14(22-15)16-13(19)11-6-7-12(20-5-2)10(3)9-11/h4,6-7,9H,1,5,8H2,2-3H3,(H,16,17,19). The number of nitrogens with zero attached hydrogens (tertiary/aromatic N) is 2. The van der Waals surface area contributed by atoms with Crippen LogP contribution in [0.3, 0.4) is 0 Å². The number of amides is 1. The molecule has 0 atom stereocenters. The van der Waals surface area contributed by atoms with Gasteiger partial charge in [0.2, 0.25) is 5.13 Å². The largest absolute Gasteiger partial charge is 0.494 e. The lowest BCUT2D eigenvalue weighted by Crippen LogP contribution is -2.12. The van der Waals surface area contributed by atoms with Crippen molar-refractivity contribution in [3.05, 3.63) is 42.0 Å². The van der Waals surface area contributed by atoms with E-state index in [2.05, 4.69) is 22.1 Å². The van der Waals surface area contributed by atoms with Gasteiger partial charge in [-0.2, -0.15) is 0 Å². The normalized spacial score (nSPS) is 10.3. The number of hydrogen-bond donors (Lipinski definition) is 1. The Balaban J connectivity index is 2.04. The first-order valence-electron chi connectivity index (χ1n) is 6.76. The van der Waals surface area contributed by atoms with Crippen LogP contribution < -0.4 is 10.1 Å². The number of hydrogen-bond acceptors (Lipinski definition) is 6. The maximum absolute atomic E-state index is 12.2. The van der Waals surface area contributed by atoms with E-state index in [0.717, 1.165) is 21.4 Å². The first-order valence-corrected chi connectivity index (χ1v) is 8.56. The minimum atomic E-state index is -0.206. The summed E-state index contributed by atoms with van der Waals surface area (Å²) in [6.45, 7) is 8.10. The fourth-order valence-corrected chi connectivity index (χ4v) is 3.23. The van der Waals surface area contributed by atoms with Crippen LogP contribution in [0, 0.1) is 6.92 Å². The minimum absolute atomic E-state index is 0.206. The Kier molecular flexibility index (Phi) is 5.97. The molecule has 0 unspecified atom stereocenters. The van der Waals surface area contributed by atoms with E-state index in [0.29, 0.717) is 17.3 Å². The lowest BCUT2D eigenvalue weighted by Gasteiger charge is -2.08. The Labute approximate surface area is 137 Å². The lowest BCUT2D eigenvalue weighted by atomic mass is 10.1. The Morgan fingerprint density at radius 1 is 1.50 bits per heavy atom. The second-order valence-corrected chi connectivity index (χ2v) is 6.58. The summed E-state index contributed by atoms with van der Waals surface area (Å²) in [7, 11) is 0. The third-order valence-corrected chi connectivity index (χ3v) is 4.66. The van der Waals surface area contributed by atoms with Gasteiger partial charge in [0, 0.05) is 11.3 Å². The highest BCUT2D eigenvalue weighted by Gasteiger charge is 2.12. The molecule has 0 bridgehead atoms. The van der Waals surface area contributed by atoms with Gasteiger partial charge in [-0.25, -0.2) is 0 Å². The van der Waals surface area contributed by atoms with E-state index in [1.54, 1.807) is 24.3 Å². The topological polar surface area (TPSA) is 64.1 Å². The number of nitrogens with one attached hydrogen (secondary N) is 1. The average molecular weight is 335 g/mol. The van der Waals surface area contributed by atoms with E-state index in [-0.39, 0.29) is 5.91 Å². The molecule has 7 heteroatoms. The number of carbonyl (C=O) groups is 1. The van der Waals surface area contributed by atoms with Gasteiger partial charge in [-0.1, -0.05) is 29.2 Å². The van der Waals surface area contributed by atoms with Crippen LogP contribution in [-0.4, -0.2) is 28.5 Å². The monoisotopic (exact) mass is 335 g/mol. The van der Waals surface area contributed by atoms with Crippen molar-refractivity contribution >= 4 is 34.1 Å². The molecule has 0 saturated carbocycles. The van der Waals surface area contributed by atoms with Crippen molar-refractivity contribution < 1.29 is 9.53 Å². The number of carbonyl (C=O) groups excluding carboxylic acids is 1. The zero-order valence-electron chi connectivity index (χ0n) is 12.5. The van der Waals surface area contributed by atoms with Crippen LogP contribution in [0.5, 0.6) is 5.75 Å². The molecule has 2 rings (SSSR count). The van der Waals surface area contributed by atoms with Gasteiger partial charge in [-0.3, -0.25) is 10.1 Å². The van der Waals surface area contributed by atoms with Crippen molar-refractivity contribution in [3.8, 4) is 5.75 Å². The highest BCUT2D eigenvalue weighted by Crippen LogP contribution is 2.26. The molecule has 0 aliphatic carbocycles. The molecule has 5 nitrogen and oxygen atoms in total. The van der Waals surface area contributed by atoms with Crippen molar-refractivity contribution in [1.29, 1.82) is 0 Å². The van der Waals surface area contributed by atoms with Gasteiger partial charge in [0.15, 0.2) is 4.34 Å². The van der Waals surface area contributed by atoms with Gasteiger partial charge in [0.25, 0.3) is 5.91 Å². The molecule has 1 amide bonds. The Morgan fingerprint density at radius 3 is 3.00 bits per heavy atom. The molecule has 0 radical (unpaired) electrons. The number of thioether (sulfide) groups is 1. The molecule has 0 fully saturated rings. The van der Waals surface area contributed by atoms with E-state index in [1.807, 2.05) is 13.8 Å². The van der Waals surface area contributed by atoms with Crippen molar-refractivity contribution in [3.63, 3.8) is 0 Å². The molecule has 0 aliphatic rings. The predicted octanol–water partition coefficient (Wildman–Crippen LogP) is 3.78. The second kappa shape index (κ2) is 7.95. The second-order valence-electron chi connectivity index (χ2n) is 4.34. The first kappa shape index (κ1) is 16.5. The lowest BCUT2D eigenvalue weighted by molar-refractivity contribution is 0.102. The van der Waals surface area contributed by atoms with E-state index in [4.69, 9.17) is 4.74 Å². The zero-order chi connectivity index (χ0) is 15.9. The molecule has 116 valence electrons. The molecule has 22 heavy (non-hydrogen) atoms. The van der Waals surface area contributed by atoms with Crippen molar-refractivity contribution in [2.75, 3.05) is 17.7 Å². The third kappa shape index (κ3) is 4.32. The van der Waals surface area contributed by atoms with E-state index in [9.17, 15) is 4.79 Å². The molecule has 0 aliphatic heterocycles. The maximum atomic E-state index is 12.2. The van der Waals surface area contributed by atoms with E-state index >= 15 is 0 Å². The van der Waals surface area contributed by atoms with Crippen LogP contribution in [0.1, 0.15) is 22.8 Å². The van der Waals surface area contributed by atoms with Crippen molar-refractivity contribution in [2.45, 2.75) is 18.2 Å². The number of benzene rings is 1. The summed E-state index contributed by atoms with van der Waals surface area (Å²) in [5, 5.41) is 11.2. The molecule has 1 aromatic heterocycles. The first-order chi connectivity index (χ1) is 10.6. The minimum Gasteiger partial charge on any atom is -0.494 e. The molecular weight excluding hydrogens is 318 g/mol. The van der Waals surface area contributed by atoms with Crippen LogP contribution in [0.2, 0.25) is 0 Å². The Bertz CT molecular complexity index is 671. The van der Waals surface area contributed by atoms with Gasteiger partial charge >= 0.3 is 0 Å². The average Bonchev–Trinajstić information content (AvgIpc) is 2.94. The summed E-state index contributed by atoms with van der Waals surface area (Å²) in [5.41, 5.74) is 1.49. The number of ether oxygens (including phenoxy) is 1. The molecule has 0 spiro atoms. The molecule has 1 heterocycles. The molecule has 1 aromatic carbocycles. The van der Waals surface area contributed by atoms with Gasteiger partial charge in [-0.05, 0) is 37.6 Å². The van der Waals surface area contributed by atoms with Crippen LogP contribution in [0.25, 0.3) is 0 Å². The third-order valence-electron chi connectivity index (χ3n) is 2.69. The van der Waals surface area contributed by atoms with Gasteiger partial charge in [-0.15, -0.1) is 16.8 Å². The molecular formula is C15H17N3O2S2. The Morgan fingerprint density at radius 2 is 2.32 bits per heavy atom. The van der Waals surface area contributed by atoms with Crippen molar-refractivity contribution in [2.24, 2.45) is 0 Å². The zero-order valence-corrected chi connectivity index (χ0v) is 14.1. The molecule has 1 N–H and O–H groups in total. The summed E-state index contributed by atoms with van der Waals surface area (Å²) in [6.07, 6.45) is 1.80. The quantitative estimate of drug-likeness (QED) is 0.474. The number of rotatable bonds is 7. The fourth-order valence-electron chi connectivity index (χ4n) is 1.73. The van der Waals surface area contributed by atoms with Gasteiger partial charge in [0.1, 0.15) is 5.75 Å². The summed E-state index contributed by atoms with van der Waals surface area (Å²) < 4.78 is 6.27. The summed E-state index contributed by atoms with van der Waals surface area (Å²) in [4.78, 5) is 12.2. The highest BCUT2D eigenvalue weighted by molar-refractivity contribution is 8.01. The van der Waals surface area contributed by atoms with Gasteiger partial charge in [0.05, 0.1) is 6.61 Å². The maximum Gasteiger partial charge on any atom is 0.257 e. The van der Waals surface area contributed by atoms with E-state index < -0.39 is 0 Å². The highest BCUT2D eigenvalue weighted by atomic mass is 32.2. The smallest absolute Gasteiger partial charge is 0.257 e. The molecule has 2 aromatic rings. The molecule has 0 saturated heterocycles. The van der Waals surface area contributed by atoms with Crippen molar-refractivity contribution in [1.82, 2.24) is 10.2 Å². The predicted molar refractivity (Wildman–Crippen MR) is 91.1 cm³/mol. The number of aryl methyl sites for hydroxylation is 1. The van der Waals surface area contributed by atoms with Crippen LogP contribution >= 0.6 is 23.1 Å². The Hall–Kier alpha value is -1.86. The van der Waals surface area contributed by atoms with Crippen LogP contribution in [0.4, 0.5) is 5.13 Å². The summed E-state index contributed by atoms with van der Waals surface area (Å²) in [6, 6.07) is 5.34. The van der Waals surface area contributed by atoms with E-state index in [1.165, 1.54) is 23.1 Å². The number of aromatic nitrogens is 2. The SMILES string of the molecule is C=CCSc1nnc(NC(=O)c2ccc(OCC)c(C)c2)s1. The fraction of sp³-hybridized carbons (Fsp3) is 0.267. The summed E-state index contributed by atoms with van der Waals surface area (Å²) >= 11 is 2.88. The number of anilines is 1. The van der Waals surface area contributed by atoms with Gasteiger partial charge < -0.3 is 4.74 Å². The van der Waals surface area contributed by atoms with Crippen LogP contribution in [0.15, 0.2) is 35.2 Å². The van der Waals surface area contributed by atoms with Crippen LogP contribution in [-0.2, 0) is 0 Å². The summed E-state index contributed by atoms with van der Waals surface area (Å²) in [5.74, 6) is 1.35.